The molecule has 0 unspecified atom stereocenters. The highest BCUT2D eigenvalue weighted by Crippen LogP contribution is 2.35. The summed E-state index contributed by atoms with van der Waals surface area (Å²) >= 11 is 0. The van der Waals surface area contributed by atoms with Gasteiger partial charge in [0.1, 0.15) is 17.5 Å². The molecule has 1 aromatic rings. The third-order valence-corrected chi connectivity index (χ3v) is 4.75. The third kappa shape index (κ3) is 3.03. The van der Waals surface area contributed by atoms with Gasteiger partial charge in [0.2, 0.25) is 0 Å². The smallest absolute Gasteiger partial charge is 0.149 e. The summed E-state index contributed by atoms with van der Waals surface area (Å²) in [6.07, 6.45) is 5.77. The molecule has 3 heteroatoms. The van der Waals surface area contributed by atoms with Gasteiger partial charge in [0.05, 0.1) is 6.04 Å². The Kier molecular flexibility index (Phi) is 3.98. The lowest BCUT2D eigenvalue weighted by atomic mass is 9.72. The largest absolute Gasteiger partial charge is 0.298 e. The van der Waals surface area contributed by atoms with Crippen LogP contribution < -0.4 is 0 Å². The van der Waals surface area contributed by atoms with Crippen LogP contribution in [-0.4, -0.2) is 17.8 Å². The summed E-state index contributed by atoms with van der Waals surface area (Å²) in [6.45, 7) is 3.96. The van der Waals surface area contributed by atoms with Crippen LogP contribution in [0.15, 0.2) is 29.3 Å². The zero-order valence-electron chi connectivity index (χ0n) is 13.3. The van der Waals surface area contributed by atoms with Crippen molar-refractivity contribution in [1.29, 1.82) is 0 Å². The zero-order valence-corrected chi connectivity index (χ0v) is 13.3. The van der Waals surface area contributed by atoms with E-state index in [1.807, 2.05) is 19.9 Å². The van der Waals surface area contributed by atoms with Gasteiger partial charge in [-0.25, -0.2) is 0 Å². The van der Waals surface area contributed by atoms with Gasteiger partial charge in [-0.1, -0.05) is 38.1 Å². The van der Waals surface area contributed by atoms with E-state index < -0.39 is 5.92 Å². The van der Waals surface area contributed by atoms with E-state index >= 15 is 0 Å². The molecule has 1 atom stereocenters. The van der Waals surface area contributed by atoms with Crippen LogP contribution >= 0.6 is 0 Å². The van der Waals surface area contributed by atoms with Crippen LogP contribution in [0.5, 0.6) is 0 Å². The number of hydrogen-bond acceptors (Lipinski definition) is 3. The molecule has 3 rings (SSSR count). The van der Waals surface area contributed by atoms with Crippen molar-refractivity contribution in [2.24, 2.45) is 16.3 Å². The van der Waals surface area contributed by atoms with Crippen molar-refractivity contribution >= 4 is 17.8 Å². The molecule has 0 heterocycles. The summed E-state index contributed by atoms with van der Waals surface area (Å²) in [5.41, 5.74) is 2.40. The fraction of sp³-hybridized carbons (Fsp3) is 0.526. The fourth-order valence-electron chi connectivity index (χ4n) is 3.64. The Morgan fingerprint density at radius 3 is 2.55 bits per heavy atom. The summed E-state index contributed by atoms with van der Waals surface area (Å²) < 4.78 is 0. The molecule has 22 heavy (non-hydrogen) atoms. The zero-order chi connectivity index (χ0) is 15.7. The van der Waals surface area contributed by atoms with E-state index in [9.17, 15) is 9.59 Å². The van der Waals surface area contributed by atoms with Crippen LogP contribution in [0.2, 0.25) is 0 Å². The first-order chi connectivity index (χ1) is 10.5. The Balaban J connectivity index is 1.78. The topological polar surface area (TPSA) is 46.5 Å². The second-order valence-corrected chi connectivity index (χ2v) is 7.33. The van der Waals surface area contributed by atoms with Gasteiger partial charge in [-0.3, -0.25) is 14.6 Å². The second-order valence-electron chi connectivity index (χ2n) is 7.33. The number of carbonyl (C=O) groups is 2. The SMILES string of the molecule is CC1(C)CC(=O)C(C=N[C@H]2CCCc3ccccc32)C(=O)C1. The fourth-order valence-corrected chi connectivity index (χ4v) is 3.64. The third-order valence-electron chi connectivity index (χ3n) is 4.75. The molecule has 0 aromatic heterocycles. The van der Waals surface area contributed by atoms with Gasteiger partial charge < -0.3 is 0 Å². The molecule has 2 aliphatic rings. The van der Waals surface area contributed by atoms with Gasteiger partial charge in [0.15, 0.2) is 0 Å². The first kappa shape index (κ1) is 15.1. The van der Waals surface area contributed by atoms with Crippen molar-refractivity contribution in [3.63, 3.8) is 0 Å². The maximum atomic E-state index is 12.2. The monoisotopic (exact) mass is 297 g/mol. The predicted molar refractivity (Wildman–Crippen MR) is 87.1 cm³/mol. The molecule has 1 aromatic carbocycles. The van der Waals surface area contributed by atoms with Gasteiger partial charge in [0, 0.05) is 19.1 Å². The van der Waals surface area contributed by atoms with E-state index in [1.165, 1.54) is 11.1 Å². The second kappa shape index (κ2) is 5.79. The highest BCUT2D eigenvalue weighted by Gasteiger charge is 2.38. The van der Waals surface area contributed by atoms with Crippen molar-refractivity contribution in [2.45, 2.75) is 52.0 Å². The number of benzene rings is 1. The quantitative estimate of drug-likeness (QED) is 0.617. The molecular formula is C19H23NO2. The summed E-state index contributed by atoms with van der Waals surface area (Å²) in [6, 6.07) is 8.45. The molecule has 1 saturated carbocycles. The average molecular weight is 297 g/mol. The highest BCUT2D eigenvalue weighted by molar-refractivity contribution is 6.16. The van der Waals surface area contributed by atoms with Gasteiger partial charge >= 0.3 is 0 Å². The predicted octanol–water partition coefficient (Wildman–Crippen LogP) is 3.71. The highest BCUT2D eigenvalue weighted by atomic mass is 16.2. The molecule has 0 aliphatic heterocycles. The van der Waals surface area contributed by atoms with E-state index in [-0.39, 0.29) is 23.0 Å². The molecule has 3 nitrogen and oxygen atoms in total. The van der Waals surface area contributed by atoms with Crippen molar-refractivity contribution < 1.29 is 9.59 Å². The van der Waals surface area contributed by atoms with Gasteiger partial charge in [0.25, 0.3) is 0 Å². The lowest BCUT2D eigenvalue weighted by Gasteiger charge is -2.30. The molecule has 1 fully saturated rings. The number of ketones is 2. The van der Waals surface area contributed by atoms with Gasteiger partial charge in [-0.15, -0.1) is 0 Å². The summed E-state index contributed by atoms with van der Waals surface area (Å²) in [7, 11) is 0. The first-order valence-electron chi connectivity index (χ1n) is 8.13. The Labute approximate surface area is 131 Å². The van der Waals surface area contributed by atoms with E-state index in [0.717, 1.165) is 19.3 Å². The Morgan fingerprint density at radius 1 is 1.14 bits per heavy atom. The molecule has 0 bridgehead atoms. The molecule has 2 aliphatic carbocycles. The van der Waals surface area contributed by atoms with Crippen LogP contribution in [0.3, 0.4) is 0 Å². The van der Waals surface area contributed by atoms with Crippen LogP contribution in [0.1, 0.15) is 56.7 Å². The molecule has 0 spiro atoms. The molecule has 0 amide bonds. The maximum absolute atomic E-state index is 12.2. The molecule has 0 saturated heterocycles. The molecule has 116 valence electrons. The van der Waals surface area contributed by atoms with Crippen molar-refractivity contribution in [2.75, 3.05) is 0 Å². The standard InChI is InChI=1S/C19H23NO2/c1-19(2)10-17(21)15(18(22)11-19)12-20-16-9-5-7-13-6-3-4-8-14(13)16/h3-4,6,8,12,15-16H,5,7,9-11H2,1-2H3/t16-/m0/s1. The lowest BCUT2D eigenvalue weighted by molar-refractivity contribution is -0.136. The minimum absolute atomic E-state index is 0.0223. The molecule has 0 N–H and O–H groups in total. The number of aliphatic imine (C=N–C) groups is 1. The van der Waals surface area contributed by atoms with Crippen molar-refractivity contribution in [1.82, 2.24) is 0 Å². The van der Waals surface area contributed by atoms with Crippen molar-refractivity contribution in [3.8, 4) is 0 Å². The number of carbonyl (C=O) groups excluding carboxylic acids is 2. The van der Waals surface area contributed by atoms with E-state index in [4.69, 9.17) is 0 Å². The minimum atomic E-state index is -0.623. The van der Waals surface area contributed by atoms with E-state index in [0.29, 0.717) is 12.8 Å². The minimum Gasteiger partial charge on any atom is -0.298 e. The molecular weight excluding hydrogens is 274 g/mol. The Hall–Kier alpha value is -1.77. The average Bonchev–Trinajstić information content (AvgIpc) is 2.45. The number of nitrogens with zero attached hydrogens (tertiary/aromatic N) is 1. The number of aryl methyl sites for hydroxylation is 1. The van der Waals surface area contributed by atoms with Gasteiger partial charge in [-0.05, 0) is 35.8 Å². The van der Waals surface area contributed by atoms with Crippen LogP contribution in [0.25, 0.3) is 0 Å². The van der Waals surface area contributed by atoms with E-state index in [2.05, 4.69) is 23.2 Å². The van der Waals surface area contributed by atoms with Crippen LogP contribution in [-0.2, 0) is 16.0 Å². The van der Waals surface area contributed by atoms with Crippen LogP contribution in [0.4, 0.5) is 0 Å². The summed E-state index contributed by atoms with van der Waals surface area (Å²) in [5, 5.41) is 0. The summed E-state index contributed by atoms with van der Waals surface area (Å²) in [4.78, 5) is 29.1. The number of Topliss-reactive ketones (excluding diaryl/α,β-unsaturated/α-hetero) is 2. The number of fused-ring (bicyclic) bond motifs is 1. The Bertz CT molecular complexity index is 610. The van der Waals surface area contributed by atoms with Crippen LogP contribution in [0, 0.1) is 11.3 Å². The Morgan fingerprint density at radius 2 is 1.82 bits per heavy atom. The van der Waals surface area contributed by atoms with Gasteiger partial charge in [-0.2, -0.15) is 0 Å². The number of rotatable bonds is 2. The lowest BCUT2D eigenvalue weighted by Crippen LogP contribution is -2.38. The normalized spacial score (nSPS) is 25.5. The van der Waals surface area contributed by atoms with Crippen molar-refractivity contribution in [3.05, 3.63) is 35.4 Å². The first-order valence-corrected chi connectivity index (χ1v) is 8.13. The molecule has 0 radical (unpaired) electrons. The summed E-state index contributed by atoms with van der Waals surface area (Å²) in [5.74, 6) is -0.578. The maximum Gasteiger partial charge on any atom is 0.149 e. The number of hydrogen-bond donors (Lipinski definition) is 0. The van der Waals surface area contributed by atoms with E-state index in [1.54, 1.807) is 6.21 Å².